The van der Waals surface area contributed by atoms with E-state index < -0.39 is 0 Å². The quantitative estimate of drug-likeness (QED) is 0.660. The summed E-state index contributed by atoms with van der Waals surface area (Å²) in [6.45, 7) is 1.98. The van der Waals surface area contributed by atoms with Gasteiger partial charge in [0.1, 0.15) is 6.54 Å². The van der Waals surface area contributed by atoms with Gasteiger partial charge in [-0.05, 0) is 23.8 Å². The van der Waals surface area contributed by atoms with Crippen molar-refractivity contribution >= 4 is 10.9 Å². The zero-order chi connectivity index (χ0) is 12.2. The summed E-state index contributed by atoms with van der Waals surface area (Å²) in [5.41, 5.74) is 2.61. The van der Waals surface area contributed by atoms with E-state index in [-0.39, 0.29) is 0 Å². The van der Waals surface area contributed by atoms with E-state index in [1.165, 1.54) is 16.5 Å². The second-order valence-electron chi connectivity index (χ2n) is 4.47. The first-order valence-corrected chi connectivity index (χ1v) is 6.32. The lowest BCUT2D eigenvalue weighted by Gasteiger charge is -1.99. The van der Waals surface area contributed by atoms with Crippen molar-refractivity contribution in [3.05, 3.63) is 60.2 Å². The summed E-state index contributed by atoms with van der Waals surface area (Å²) in [5.74, 6) is 1.04. The molecule has 0 atom stereocenters. The first kappa shape index (κ1) is 11.1. The topological polar surface area (TPSA) is 45.5 Å². The molecule has 0 amide bonds. The smallest absolute Gasteiger partial charge is 0.157 e. The molecule has 0 radical (unpaired) electrons. The first-order chi connectivity index (χ1) is 8.93. The lowest BCUT2D eigenvalue weighted by Crippen LogP contribution is -2.83. The maximum atomic E-state index is 5.30. The Labute approximate surface area is 106 Å². The van der Waals surface area contributed by atoms with E-state index in [2.05, 4.69) is 40.8 Å². The summed E-state index contributed by atoms with van der Waals surface area (Å²) >= 11 is 0. The molecule has 92 valence electrons. The fourth-order valence-corrected chi connectivity index (χ4v) is 2.27. The van der Waals surface area contributed by atoms with E-state index in [1.807, 2.05) is 12.1 Å². The highest BCUT2D eigenvalue weighted by molar-refractivity contribution is 5.82. The van der Waals surface area contributed by atoms with Gasteiger partial charge in [0.2, 0.25) is 0 Å². The minimum absolute atomic E-state index is 0.912. The average Bonchev–Trinajstić information content (AvgIpc) is 3.04. The zero-order valence-electron chi connectivity index (χ0n) is 10.2. The SMILES string of the molecule is c1coc(C[NH2+]CCc2c[nH]c3ccccc23)c1. The molecule has 0 fully saturated rings. The van der Waals surface area contributed by atoms with Gasteiger partial charge in [-0.15, -0.1) is 0 Å². The van der Waals surface area contributed by atoms with E-state index >= 15 is 0 Å². The molecule has 0 bridgehead atoms. The number of benzene rings is 1. The fraction of sp³-hybridized carbons (Fsp3) is 0.200. The molecule has 3 N–H and O–H groups in total. The largest absolute Gasteiger partial charge is 0.463 e. The Morgan fingerprint density at radius 3 is 2.94 bits per heavy atom. The number of nitrogens with two attached hydrogens (primary N) is 1. The number of para-hydroxylation sites is 1. The van der Waals surface area contributed by atoms with Gasteiger partial charge in [0.25, 0.3) is 0 Å². The van der Waals surface area contributed by atoms with Crippen molar-refractivity contribution in [2.45, 2.75) is 13.0 Å². The summed E-state index contributed by atoms with van der Waals surface area (Å²) in [6.07, 6.45) is 4.92. The van der Waals surface area contributed by atoms with E-state index in [0.717, 1.165) is 25.3 Å². The van der Waals surface area contributed by atoms with Gasteiger partial charge in [0, 0.05) is 23.5 Å². The van der Waals surface area contributed by atoms with Crippen molar-refractivity contribution in [2.75, 3.05) is 6.54 Å². The van der Waals surface area contributed by atoms with Crippen molar-refractivity contribution in [1.29, 1.82) is 0 Å². The molecule has 3 rings (SSSR count). The van der Waals surface area contributed by atoms with Crippen LogP contribution in [0.15, 0.2) is 53.3 Å². The highest BCUT2D eigenvalue weighted by atomic mass is 16.3. The molecular formula is C15H17N2O+. The molecule has 0 aliphatic heterocycles. The molecule has 0 saturated carbocycles. The maximum absolute atomic E-state index is 5.30. The van der Waals surface area contributed by atoms with Crippen molar-refractivity contribution in [3.63, 3.8) is 0 Å². The summed E-state index contributed by atoms with van der Waals surface area (Å²) in [7, 11) is 0. The lowest BCUT2D eigenvalue weighted by atomic mass is 10.1. The molecule has 2 heterocycles. The number of quaternary nitrogens is 1. The summed E-state index contributed by atoms with van der Waals surface area (Å²) in [5, 5.41) is 3.62. The van der Waals surface area contributed by atoms with Crippen LogP contribution in [0.25, 0.3) is 10.9 Å². The minimum atomic E-state index is 0.912. The van der Waals surface area contributed by atoms with E-state index in [0.29, 0.717) is 0 Å². The van der Waals surface area contributed by atoms with Crippen LogP contribution in [-0.4, -0.2) is 11.5 Å². The summed E-state index contributed by atoms with van der Waals surface area (Å²) in [4.78, 5) is 3.31. The van der Waals surface area contributed by atoms with Crippen LogP contribution in [-0.2, 0) is 13.0 Å². The van der Waals surface area contributed by atoms with Gasteiger partial charge in [-0.1, -0.05) is 18.2 Å². The highest BCUT2D eigenvalue weighted by Crippen LogP contribution is 2.17. The molecule has 1 aromatic carbocycles. The minimum Gasteiger partial charge on any atom is -0.463 e. The van der Waals surface area contributed by atoms with E-state index in [4.69, 9.17) is 4.42 Å². The van der Waals surface area contributed by atoms with Gasteiger partial charge in [-0.3, -0.25) is 0 Å². The molecule has 3 heteroatoms. The molecule has 18 heavy (non-hydrogen) atoms. The first-order valence-electron chi connectivity index (χ1n) is 6.32. The Morgan fingerprint density at radius 1 is 1.11 bits per heavy atom. The second-order valence-corrected chi connectivity index (χ2v) is 4.47. The van der Waals surface area contributed by atoms with Crippen LogP contribution in [0, 0.1) is 0 Å². The van der Waals surface area contributed by atoms with Crippen LogP contribution in [0.1, 0.15) is 11.3 Å². The van der Waals surface area contributed by atoms with Gasteiger partial charge in [0.05, 0.1) is 12.8 Å². The number of hydrogen-bond acceptors (Lipinski definition) is 1. The molecule has 0 spiro atoms. The van der Waals surface area contributed by atoms with Crippen LogP contribution in [0.4, 0.5) is 0 Å². The number of furan rings is 1. The number of H-pyrrole nitrogens is 1. The monoisotopic (exact) mass is 241 g/mol. The Hall–Kier alpha value is -2.00. The molecular weight excluding hydrogens is 224 g/mol. The fourth-order valence-electron chi connectivity index (χ4n) is 2.27. The van der Waals surface area contributed by atoms with Crippen LogP contribution in [0.5, 0.6) is 0 Å². The number of aromatic amines is 1. The molecule has 0 aliphatic carbocycles. The standard InChI is InChI=1S/C15H16N2O/c1-2-6-15-14(5-1)12(10-17-15)7-8-16-11-13-4-3-9-18-13/h1-6,9-10,16-17H,7-8,11H2/p+1. The molecule has 2 aromatic heterocycles. The zero-order valence-corrected chi connectivity index (χ0v) is 10.2. The maximum Gasteiger partial charge on any atom is 0.157 e. The number of hydrogen-bond donors (Lipinski definition) is 2. The summed E-state index contributed by atoms with van der Waals surface area (Å²) < 4.78 is 5.30. The average molecular weight is 241 g/mol. The predicted octanol–water partition coefficient (Wildman–Crippen LogP) is 2.07. The Balaban J connectivity index is 1.57. The van der Waals surface area contributed by atoms with Crippen LogP contribution >= 0.6 is 0 Å². The van der Waals surface area contributed by atoms with Gasteiger partial charge in [-0.25, -0.2) is 0 Å². The Bertz CT molecular complexity index is 610. The third-order valence-electron chi connectivity index (χ3n) is 3.22. The van der Waals surface area contributed by atoms with E-state index in [9.17, 15) is 0 Å². The van der Waals surface area contributed by atoms with Crippen molar-refractivity contribution in [2.24, 2.45) is 0 Å². The van der Waals surface area contributed by atoms with Gasteiger partial charge in [0.15, 0.2) is 5.76 Å². The normalized spacial score (nSPS) is 11.1. The van der Waals surface area contributed by atoms with E-state index in [1.54, 1.807) is 6.26 Å². The molecule has 3 aromatic rings. The molecule has 3 nitrogen and oxygen atoms in total. The van der Waals surface area contributed by atoms with Crippen LogP contribution < -0.4 is 5.32 Å². The summed E-state index contributed by atoms with van der Waals surface area (Å²) in [6, 6.07) is 12.4. The lowest BCUT2D eigenvalue weighted by molar-refractivity contribution is -0.671. The number of aromatic nitrogens is 1. The number of rotatable bonds is 5. The van der Waals surface area contributed by atoms with Crippen molar-refractivity contribution < 1.29 is 9.73 Å². The van der Waals surface area contributed by atoms with Crippen LogP contribution in [0.3, 0.4) is 0 Å². The van der Waals surface area contributed by atoms with Gasteiger partial charge < -0.3 is 14.7 Å². The number of nitrogens with one attached hydrogen (secondary N) is 1. The number of fused-ring (bicyclic) bond motifs is 1. The second kappa shape index (κ2) is 5.10. The third kappa shape index (κ3) is 2.31. The Kier molecular flexibility index (Phi) is 3.15. The predicted molar refractivity (Wildman–Crippen MR) is 71.2 cm³/mol. The van der Waals surface area contributed by atoms with Gasteiger partial charge >= 0.3 is 0 Å². The molecule has 0 saturated heterocycles. The Morgan fingerprint density at radius 2 is 2.06 bits per heavy atom. The molecule has 0 aliphatic rings. The highest BCUT2D eigenvalue weighted by Gasteiger charge is 2.04. The van der Waals surface area contributed by atoms with Crippen molar-refractivity contribution in [1.82, 2.24) is 4.98 Å². The van der Waals surface area contributed by atoms with Gasteiger partial charge in [-0.2, -0.15) is 0 Å². The van der Waals surface area contributed by atoms with Crippen molar-refractivity contribution in [3.8, 4) is 0 Å². The third-order valence-corrected chi connectivity index (χ3v) is 3.22. The van der Waals surface area contributed by atoms with Crippen LogP contribution in [0.2, 0.25) is 0 Å². The molecule has 0 unspecified atom stereocenters.